The third-order valence-corrected chi connectivity index (χ3v) is 1.62. The van der Waals surface area contributed by atoms with E-state index in [9.17, 15) is 4.79 Å². The SMILES string of the molecule is Cc1nc(C(N)=O)c(C)n1N=NN. The van der Waals surface area contributed by atoms with E-state index in [-0.39, 0.29) is 5.69 Å². The average molecular weight is 182 g/mol. The molecule has 0 aliphatic carbocycles. The van der Waals surface area contributed by atoms with E-state index in [4.69, 9.17) is 11.6 Å². The van der Waals surface area contributed by atoms with Gasteiger partial charge in [0.05, 0.1) is 5.69 Å². The van der Waals surface area contributed by atoms with Gasteiger partial charge in [-0.1, -0.05) is 5.22 Å². The second kappa shape index (κ2) is 3.21. The summed E-state index contributed by atoms with van der Waals surface area (Å²) >= 11 is 0. The van der Waals surface area contributed by atoms with Crippen LogP contribution < -0.4 is 11.6 Å². The summed E-state index contributed by atoms with van der Waals surface area (Å²) in [6.45, 7) is 3.34. The first-order valence-corrected chi connectivity index (χ1v) is 3.55. The van der Waals surface area contributed by atoms with Crippen LogP contribution in [0.15, 0.2) is 10.4 Å². The van der Waals surface area contributed by atoms with E-state index >= 15 is 0 Å². The van der Waals surface area contributed by atoms with Gasteiger partial charge in [-0.05, 0) is 19.1 Å². The molecule has 1 heterocycles. The maximum Gasteiger partial charge on any atom is 0.269 e. The van der Waals surface area contributed by atoms with Crippen LogP contribution in [0.2, 0.25) is 0 Å². The van der Waals surface area contributed by atoms with Gasteiger partial charge < -0.3 is 11.6 Å². The maximum atomic E-state index is 10.8. The van der Waals surface area contributed by atoms with Crippen LogP contribution in [-0.4, -0.2) is 15.6 Å². The Morgan fingerprint density at radius 3 is 2.54 bits per heavy atom. The van der Waals surface area contributed by atoms with Gasteiger partial charge in [-0.3, -0.25) is 4.79 Å². The number of nitrogens with zero attached hydrogens (tertiary/aromatic N) is 4. The zero-order valence-corrected chi connectivity index (χ0v) is 7.35. The molecule has 0 bridgehead atoms. The molecular weight excluding hydrogens is 172 g/mol. The summed E-state index contributed by atoms with van der Waals surface area (Å²) in [5, 5.41) is 6.65. The highest BCUT2D eigenvalue weighted by Gasteiger charge is 2.14. The van der Waals surface area contributed by atoms with Gasteiger partial charge >= 0.3 is 0 Å². The Kier molecular flexibility index (Phi) is 2.27. The van der Waals surface area contributed by atoms with Crippen molar-refractivity contribution in [1.29, 1.82) is 0 Å². The lowest BCUT2D eigenvalue weighted by Crippen LogP contribution is -2.13. The first kappa shape index (κ1) is 9.17. The van der Waals surface area contributed by atoms with E-state index < -0.39 is 5.91 Å². The molecule has 0 aliphatic heterocycles. The van der Waals surface area contributed by atoms with Crippen molar-refractivity contribution in [2.45, 2.75) is 13.8 Å². The molecule has 70 valence electrons. The average Bonchev–Trinajstić information content (AvgIpc) is 2.32. The number of primary amides is 1. The van der Waals surface area contributed by atoms with Crippen molar-refractivity contribution < 1.29 is 4.79 Å². The van der Waals surface area contributed by atoms with E-state index in [1.54, 1.807) is 13.8 Å². The number of imidazole rings is 1. The first-order chi connectivity index (χ1) is 6.07. The molecule has 0 fully saturated rings. The van der Waals surface area contributed by atoms with E-state index in [2.05, 4.69) is 15.4 Å². The predicted octanol–water partition coefficient (Wildman–Crippen LogP) is -0.312. The molecule has 7 nitrogen and oxygen atoms in total. The minimum Gasteiger partial charge on any atom is -0.364 e. The Morgan fingerprint density at radius 1 is 1.54 bits per heavy atom. The Hall–Kier alpha value is -1.92. The van der Waals surface area contributed by atoms with Gasteiger partial charge in [-0.25, -0.2) is 9.66 Å². The third-order valence-electron chi connectivity index (χ3n) is 1.62. The molecule has 1 aromatic rings. The molecule has 1 aromatic heterocycles. The van der Waals surface area contributed by atoms with Gasteiger partial charge in [0.25, 0.3) is 5.91 Å². The second-order valence-electron chi connectivity index (χ2n) is 2.47. The Bertz CT molecular complexity index is 365. The van der Waals surface area contributed by atoms with Crippen LogP contribution in [0.25, 0.3) is 0 Å². The lowest BCUT2D eigenvalue weighted by molar-refractivity contribution is 0.0995. The van der Waals surface area contributed by atoms with Gasteiger partial charge in [0.2, 0.25) is 0 Å². The molecule has 0 aromatic carbocycles. The molecule has 0 atom stereocenters. The molecule has 0 saturated carbocycles. The van der Waals surface area contributed by atoms with Crippen molar-refractivity contribution in [1.82, 2.24) is 9.66 Å². The molecular formula is C6H10N6O. The molecule has 1 rings (SSSR count). The van der Waals surface area contributed by atoms with Gasteiger partial charge in [0, 0.05) is 0 Å². The number of rotatable bonds is 2. The van der Waals surface area contributed by atoms with Crippen molar-refractivity contribution in [3.63, 3.8) is 0 Å². The van der Waals surface area contributed by atoms with Crippen molar-refractivity contribution in [2.75, 3.05) is 0 Å². The first-order valence-electron chi connectivity index (χ1n) is 3.55. The number of carbonyl (C=O) groups is 1. The van der Waals surface area contributed by atoms with Gasteiger partial charge in [-0.15, -0.1) is 0 Å². The topological polar surface area (TPSA) is 112 Å². The molecule has 1 amide bonds. The number of nitrogens with two attached hydrogens (primary N) is 2. The molecule has 0 aliphatic rings. The summed E-state index contributed by atoms with van der Waals surface area (Å²) in [7, 11) is 0. The summed E-state index contributed by atoms with van der Waals surface area (Å²) in [6, 6.07) is 0. The highest BCUT2D eigenvalue weighted by atomic mass is 16.1. The monoisotopic (exact) mass is 182 g/mol. The highest BCUT2D eigenvalue weighted by molar-refractivity contribution is 5.92. The number of hydrogen-bond acceptors (Lipinski definition) is 4. The fourth-order valence-corrected chi connectivity index (χ4v) is 1.05. The van der Waals surface area contributed by atoms with Crippen LogP contribution >= 0.6 is 0 Å². The fourth-order valence-electron chi connectivity index (χ4n) is 1.05. The molecule has 0 saturated heterocycles. The number of carbonyl (C=O) groups excluding carboxylic acids is 1. The minimum absolute atomic E-state index is 0.185. The largest absolute Gasteiger partial charge is 0.364 e. The van der Waals surface area contributed by atoms with Crippen molar-refractivity contribution in [3.05, 3.63) is 17.2 Å². The fraction of sp³-hybridized carbons (Fsp3) is 0.333. The van der Waals surface area contributed by atoms with Crippen LogP contribution in [0.5, 0.6) is 0 Å². The molecule has 4 N–H and O–H groups in total. The summed E-state index contributed by atoms with van der Waals surface area (Å²) in [5.41, 5.74) is 5.79. The molecule has 0 radical (unpaired) electrons. The normalized spacial score (nSPS) is 10.9. The van der Waals surface area contributed by atoms with E-state index in [0.717, 1.165) is 0 Å². The Labute approximate surface area is 74.4 Å². The van der Waals surface area contributed by atoms with Crippen LogP contribution in [0, 0.1) is 13.8 Å². The summed E-state index contributed by atoms with van der Waals surface area (Å²) in [4.78, 5) is 14.7. The summed E-state index contributed by atoms with van der Waals surface area (Å²) in [5.74, 6) is 4.80. The number of amides is 1. The summed E-state index contributed by atoms with van der Waals surface area (Å²) in [6.07, 6.45) is 0. The number of aryl methyl sites for hydroxylation is 1. The van der Waals surface area contributed by atoms with E-state index in [1.807, 2.05) is 0 Å². The van der Waals surface area contributed by atoms with Crippen molar-refractivity contribution in [2.24, 2.45) is 22.0 Å². The van der Waals surface area contributed by atoms with Gasteiger partial charge in [0.1, 0.15) is 5.82 Å². The van der Waals surface area contributed by atoms with Crippen molar-refractivity contribution in [3.8, 4) is 0 Å². The number of aromatic nitrogens is 2. The van der Waals surface area contributed by atoms with Gasteiger partial charge in [0.15, 0.2) is 5.69 Å². The Balaban J connectivity index is 3.30. The maximum absolute atomic E-state index is 10.8. The summed E-state index contributed by atoms with van der Waals surface area (Å²) < 4.78 is 1.35. The number of hydrogen-bond donors (Lipinski definition) is 2. The predicted molar refractivity (Wildman–Crippen MR) is 44.7 cm³/mol. The molecule has 0 unspecified atom stereocenters. The highest BCUT2D eigenvalue weighted by Crippen LogP contribution is 2.09. The zero-order valence-electron chi connectivity index (χ0n) is 7.35. The second-order valence-corrected chi connectivity index (χ2v) is 2.47. The lowest BCUT2D eigenvalue weighted by Gasteiger charge is -1.95. The minimum atomic E-state index is -0.591. The van der Waals surface area contributed by atoms with E-state index in [1.165, 1.54) is 4.68 Å². The van der Waals surface area contributed by atoms with Crippen LogP contribution in [0.3, 0.4) is 0 Å². The molecule has 7 heteroatoms. The smallest absolute Gasteiger partial charge is 0.269 e. The standard InChI is InChI=1S/C6H10N6O/c1-3-5(6(7)13)9-4(2)12(3)11-10-8/h1-2H3,(H2,7,13)(H2,8,11). The lowest BCUT2D eigenvalue weighted by atomic mass is 10.3. The van der Waals surface area contributed by atoms with Gasteiger partial charge in [-0.2, -0.15) is 0 Å². The third kappa shape index (κ3) is 1.48. The van der Waals surface area contributed by atoms with Crippen LogP contribution in [0.4, 0.5) is 0 Å². The zero-order chi connectivity index (χ0) is 10.0. The van der Waals surface area contributed by atoms with Crippen LogP contribution in [0.1, 0.15) is 22.0 Å². The molecule has 13 heavy (non-hydrogen) atoms. The molecule has 0 spiro atoms. The Morgan fingerprint density at radius 2 is 2.15 bits per heavy atom. The van der Waals surface area contributed by atoms with Crippen LogP contribution in [-0.2, 0) is 0 Å². The van der Waals surface area contributed by atoms with E-state index in [0.29, 0.717) is 11.5 Å². The van der Waals surface area contributed by atoms with Crippen molar-refractivity contribution >= 4 is 5.91 Å². The quantitative estimate of drug-likeness (QED) is 0.371.